The van der Waals surface area contributed by atoms with Crippen molar-refractivity contribution in [3.8, 4) is 0 Å². The maximum atomic E-state index is 12.4. The number of carbonyl (C=O) groups is 2. The van der Waals surface area contributed by atoms with Gasteiger partial charge < -0.3 is 30.0 Å². The summed E-state index contributed by atoms with van der Waals surface area (Å²) < 4.78 is 17.0. The van der Waals surface area contributed by atoms with Crippen LogP contribution in [0.5, 0.6) is 0 Å². The molecule has 3 N–H and O–H groups in total. The number of carbonyl (C=O) groups excluding carboxylic acids is 1. The molecule has 8 nitrogen and oxygen atoms in total. The molecule has 0 aliphatic rings. The van der Waals surface area contributed by atoms with Gasteiger partial charge in [0.05, 0.1) is 54.1 Å². The molecule has 0 saturated carbocycles. The second kappa shape index (κ2) is 11.8. The summed E-state index contributed by atoms with van der Waals surface area (Å²) in [4.78, 5) is 25.3. The van der Waals surface area contributed by atoms with Gasteiger partial charge in [-0.1, -0.05) is 0 Å². The second-order valence-electron chi connectivity index (χ2n) is 4.99. The van der Waals surface area contributed by atoms with Crippen molar-refractivity contribution in [1.82, 2.24) is 0 Å². The number of carboxylic acids is 1. The molecule has 0 saturated heterocycles. The van der Waals surface area contributed by atoms with Crippen molar-refractivity contribution < 1.29 is 28.9 Å². The van der Waals surface area contributed by atoms with Gasteiger partial charge in [-0.15, -0.1) is 0 Å². The summed E-state index contributed by atoms with van der Waals surface area (Å²) in [6.07, 6.45) is 0. The molecule has 0 spiro atoms. The van der Waals surface area contributed by atoms with E-state index in [0.717, 1.165) is 0 Å². The van der Waals surface area contributed by atoms with Crippen LogP contribution < -0.4 is 10.6 Å². The van der Waals surface area contributed by atoms with Gasteiger partial charge in [-0.05, 0) is 67.8 Å². The van der Waals surface area contributed by atoms with E-state index in [1.165, 1.54) is 4.90 Å². The van der Waals surface area contributed by atoms with Gasteiger partial charge in [0.2, 0.25) is 0 Å². The third-order valence-electron chi connectivity index (χ3n) is 3.28. The van der Waals surface area contributed by atoms with Crippen LogP contribution in [0.2, 0.25) is 0 Å². The summed E-state index contributed by atoms with van der Waals surface area (Å²) in [7, 11) is 3.16. The molecule has 0 atom stereocenters. The average Bonchev–Trinajstić information content (AvgIpc) is 2.58. The highest BCUT2D eigenvalue weighted by Crippen LogP contribution is 2.38. The Morgan fingerprint density at radius 2 is 1.62 bits per heavy atom. The number of amides is 1. The normalized spacial score (nSPS) is 10.8. The Kier molecular flexibility index (Phi) is 10.9. The third kappa shape index (κ3) is 6.29. The van der Waals surface area contributed by atoms with Crippen LogP contribution in [0.25, 0.3) is 0 Å². The number of aromatic carboxylic acids is 1. The monoisotopic (exact) mass is 704 g/mol. The fourth-order valence-electron chi connectivity index (χ4n) is 1.90. The number of nitrogens with zero attached hydrogens (tertiary/aromatic N) is 1. The Morgan fingerprint density at radius 3 is 2.19 bits per heavy atom. The fourth-order valence-corrected chi connectivity index (χ4v) is 6.25. The van der Waals surface area contributed by atoms with Crippen LogP contribution in [-0.2, 0) is 19.0 Å². The first kappa shape index (κ1) is 24.1. The number of hydrogen-bond donors (Lipinski definition) is 2. The number of halogens is 3. The van der Waals surface area contributed by atoms with Gasteiger partial charge in [0.1, 0.15) is 6.61 Å². The second-order valence-corrected chi connectivity index (χ2v) is 8.23. The first-order valence-electron chi connectivity index (χ1n) is 7.34. The summed E-state index contributed by atoms with van der Waals surface area (Å²) in [6.45, 7) is 1.44. The van der Waals surface area contributed by atoms with Crippen LogP contribution in [-0.4, -0.2) is 64.2 Å². The average molecular weight is 704 g/mol. The van der Waals surface area contributed by atoms with E-state index in [-0.39, 0.29) is 24.7 Å². The van der Waals surface area contributed by atoms with Gasteiger partial charge in [-0.3, -0.25) is 4.79 Å². The number of nitrogen functional groups attached to an aromatic ring is 1. The molecule has 0 fully saturated rings. The Morgan fingerprint density at radius 1 is 1.04 bits per heavy atom. The quantitative estimate of drug-likeness (QED) is 0.219. The summed E-state index contributed by atoms with van der Waals surface area (Å²) in [5.41, 5.74) is 6.92. The summed E-state index contributed by atoms with van der Waals surface area (Å²) in [5.74, 6) is -1.40. The number of likely N-dealkylation sites (N-methyl/N-ethyl adjacent to an activating group) is 1. The smallest absolute Gasteiger partial charge is 0.338 e. The predicted molar refractivity (Wildman–Crippen MR) is 123 cm³/mol. The van der Waals surface area contributed by atoms with Gasteiger partial charge in [-0.2, -0.15) is 0 Å². The first-order valence-corrected chi connectivity index (χ1v) is 10.6. The number of anilines is 2. The number of carboxylic acid groups (broad SMARTS) is 1. The summed E-state index contributed by atoms with van der Waals surface area (Å²) >= 11 is 5.84. The first-order chi connectivity index (χ1) is 12.2. The van der Waals surface area contributed by atoms with Crippen LogP contribution in [0.3, 0.4) is 0 Å². The summed E-state index contributed by atoms with van der Waals surface area (Å²) in [6, 6.07) is 0. The van der Waals surface area contributed by atoms with Crippen LogP contribution in [0.4, 0.5) is 11.4 Å². The Hall–Kier alpha value is 0.0300. The lowest BCUT2D eigenvalue weighted by Crippen LogP contribution is -2.32. The topological polar surface area (TPSA) is 111 Å². The molecule has 0 aliphatic heterocycles. The van der Waals surface area contributed by atoms with Gasteiger partial charge in [0, 0.05) is 14.2 Å². The van der Waals surface area contributed by atoms with E-state index >= 15 is 0 Å². The lowest BCUT2D eigenvalue weighted by Gasteiger charge is -2.23. The van der Waals surface area contributed by atoms with Crippen molar-refractivity contribution in [3.63, 3.8) is 0 Å². The van der Waals surface area contributed by atoms with E-state index in [1.54, 1.807) is 14.2 Å². The van der Waals surface area contributed by atoms with E-state index in [4.69, 9.17) is 19.9 Å². The van der Waals surface area contributed by atoms with Crippen LogP contribution >= 0.6 is 67.8 Å². The van der Waals surface area contributed by atoms with Crippen molar-refractivity contribution in [3.05, 3.63) is 16.3 Å². The zero-order valence-electron chi connectivity index (χ0n) is 14.2. The zero-order valence-corrected chi connectivity index (χ0v) is 20.7. The number of hydrogen-bond acceptors (Lipinski definition) is 6. The Labute approximate surface area is 192 Å². The van der Waals surface area contributed by atoms with Gasteiger partial charge in [0.25, 0.3) is 5.91 Å². The molecule has 1 amide bonds. The van der Waals surface area contributed by atoms with Gasteiger partial charge in [-0.25, -0.2) is 4.79 Å². The molecule has 26 heavy (non-hydrogen) atoms. The predicted octanol–water partition coefficient (Wildman–Crippen LogP) is 2.42. The highest BCUT2D eigenvalue weighted by Gasteiger charge is 2.27. The minimum Gasteiger partial charge on any atom is -0.478 e. The molecule has 0 radical (unpaired) electrons. The molecule has 0 aliphatic carbocycles. The van der Waals surface area contributed by atoms with E-state index < -0.39 is 5.97 Å². The van der Waals surface area contributed by atoms with E-state index in [1.807, 2.05) is 67.8 Å². The third-order valence-corrected chi connectivity index (χ3v) is 6.54. The highest BCUT2D eigenvalue weighted by atomic mass is 127. The summed E-state index contributed by atoms with van der Waals surface area (Å²) in [5, 5.41) is 9.45. The minimum atomic E-state index is -1.09. The van der Waals surface area contributed by atoms with E-state index in [9.17, 15) is 14.7 Å². The number of methoxy groups -OCH3 is 1. The zero-order chi connectivity index (χ0) is 19.9. The standard InChI is InChI=1S/C15H19I3N2O6/c1-20(8(21)7-26-6-5-25-4-3-24-2)14-11(17)9(15(22)23)10(16)13(19)12(14)18/h3-7,19H2,1-2H3,(H,22,23). The Balaban J connectivity index is 2.82. The van der Waals surface area contributed by atoms with Crippen LogP contribution in [0.1, 0.15) is 10.4 Å². The number of nitrogens with two attached hydrogens (primary N) is 1. The van der Waals surface area contributed by atoms with Crippen molar-refractivity contribution in [1.29, 1.82) is 0 Å². The molecule has 1 aromatic carbocycles. The highest BCUT2D eigenvalue weighted by molar-refractivity contribution is 14.1. The largest absolute Gasteiger partial charge is 0.478 e. The lowest BCUT2D eigenvalue weighted by atomic mass is 10.1. The fraction of sp³-hybridized carbons (Fsp3) is 0.467. The molecular weight excluding hydrogens is 685 g/mol. The maximum absolute atomic E-state index is 12.4. The minimum absolute atomic E-state index is 0.0891. The van der Waals surface area contributed by atoms with Crippen LogP contribution in [0.15, 0.2) is 0 Å². The van der Waals surface area contributed by atoms with Crippen molar-refractivity contribution >= 4 is 91.0 Å². The number of benzene rings is 1. The van der Waals surface area contributed by atoms with Crippen LogP contribution in [0, 0.1) is 10.7 Å². The molecule has 146 valence electrons. The Bertz CT molecular complexity index is 672. The van der Waals surface area contributed by atoms with E-state index in [0.29, 0.717) is 41.9 Å². The molecule has 0 aromatic heterocycles. The molecule has 0 unspecified atom stereocenters. The molecular formula is C15H19I3N2O6. The van der Waals surface area contributed by atoms with Crippen molar-refractivity contribution in [2.24, 2.45) is 0 Å². The number of rotatable bonds is 10. The molecule has 1 aromatic rings. The molecule has 0 bridgehead atoms. The van der Waals surface area contributed by atoms with Crippen molar-refractivity contribution in [2.75, 3.05) is 57.8 Å². The van der Waals surface area contributed by atoms with E-state index in [2.05, 4.69) is 0 Å². The van der Waals surface area contributed by atoms with Gasteiger partial charge >= 0.3 is 5.97 Å². The molecule has 11 heteroatoms. The lowest BCUT2D eigenvalue weighted by molar-refractivity contribution is -0.123. The maximum Gasteiger partial charge on any atom is 0.338 e. The van der Waals surface area contributed by atoms with Crippen molar-refractivity contribution in [2.45, 2.75) is 0 Å². The molecule has 1 rings (SSSR count). The SMILES string of the molecule is COCCOCCOCC(=O)N(C)c1c(I)c(N)c(I)c(C(=O)O)c1I. The number of ether oxygens (including phenoxy) is 3. The molecule has 0 heterocycles. The van der Waals surface area contributed by atoms with Gasteiger partial charge in [0.15, 0.2) is 0 Å².